The molecule has 0 heterocycles. The van der Waals surface area contributed by atoms with Gasteiger partial charge in [-0.25, -0.2) is 0 Å². The van der Waals surface area contributed by atoms with Crippen LogP contribution in [0.1, 0.15) is 10.4 Å². The molecular weight excluding hydrogens is 321 g/mol. The zero-order valence-electron chi connectivity index (χ0n) is 9.15. The number of alkyl halides is 7. The van der Waals surface area contributed by atoms with Gasteiger partial charge in [-0.2, -0.15) is 30.7 Å². The summed E-state index contributed by atoms with van der Waals surface area (Å²) in [7, 11) is 0. The Morgan fingerprint density at radius 1 is 0.950 bits per heavy atom. The van der Waals surface area contributed by atoms with Crippen LogP contribution in [-0.2, 0) is 0 Å². The third-order valence-corrected chi connectivity index (χ3v) is 2.27. The van der Waals surface area contributed by atoms with Crippen LogP contribution in [0, 0.1) is 0 Å². The lowest BCUT2D eigenvalue weighted by Gasteiger charge is -2.27. The number of carbonyl (C=O) groups excluding carboxylic acids is 1. The first-order valence-corrected chi connectivity index (χ1v) is 5.07. The molecule has 0 fully saturated rings. The maximum absolute atomic E-state index is 12.9. The summed E-state index contributed by atoms with van der Waals surface area (Å²) in [6.45, 7) is 0. The minimum Gasteiger partial charge on any atom is -0.428 e. The topological polar surface area (TPSA) is 26.3 Å². The minimum absolute atomic E-state index is 0.176. The van der Waals surface area contributed by atoms with E-state index in [0.717, 1.165) is 12.1 Å². The zero-order chi connectivity index (χ0) is 15.8. The molecule has 1 aromatic rings. The van der Waals surface area contributed by atoms with Crippen molar-refractivity contribution in [3.05, 3.63) is 29.8 Å². The Balaban J connectivity index is 2.99. The fourth-order valence-electron chi connectivity index (χ4n) is 1.03. The number of ether oxygens (including phenoxy) is 1. The summed E-state index contributed by atoms with van der Waals surface area (Å²) in [5, 5.41) is -0.969. The second kappa shape index (κ2) is 5.12. The fourth-order valence-corrected chi connectivity index (χ4v) is 1.16. The molecule has 0 aliphatic carbocycles. The summed E-state index contributed by atoms with van der Waals surface area (Å²) >= 11 is 5.02. The number of benzene rings is 1. The molecule has 0 aromatic heterocycles. The molecule has 0 spiro atoms. The Labute approximate surface area is 112 Å². The molecule has 1 rings (SSSR count). The molecule has 0 amide bonds. The quantitative estimate of drug-likeness (QED) is 0.612. The van der Waals surface area contributed by atoms with Gasteiger partial charge in [0.15, 0.2) is 0 Å². The van der Waals surface area contributed by atoms with Crippen molar-refractivity contribution in [1.29, 1.82) is 0 Å². The van der Waals surface area contributed by atoms with Gasteiger partial charge in [-0.1, -0.05) is 0 Å². The highest BCUT2D eigenvalue weighted by molar-refractivity contribution is 6.67. The van der Waals surface area contributed by atoms with E-state index in [4.69, 9.17) is 11.6 Å². The highest BCUT2D eigenvalue weighted by atomic mass is 35.5. The lowest BCUT2D eigenvalue weighted by Crippen LogP contribution is -2.55. The Morgan fingerprint density at radius 2 is 1.40 bits per heavy atom. The lowest BCUT2D eigenvalue weighted by atomic mass is 10.2. The summed E-state index contributed by atoms with van der Waals surface area (Å²) < 4.78 is 89.6. The molecule has 0 atom stereocenters. The van der Waals surface area contributed by atoms with Gasteiger partial charge < -0.3 is 4.74 Å². The van der Waals surface area contributed by atoms with E-state index in [0.29, 0.717) is 12.1 Å². The van der Waals surface area contributed by atoms with E-state index in [2.05, 4.69) is 4.74 Å². The van der Waals surface area contributed by atoms with E-state index < -0.39 is 29.2 Å². The maximum Gasteiger partial charge on any atom is 0.474 e. The van der Waals surface area contributed by atoms with E-state index >= 15 is 0 Å². The van der Waals surface area contributed by atoms with Crippen LogP contribution in [0.2, 0.25) is 0 Å². The van der Waals surface area contributed by atoms with E-state index in [9.17, 15) is 35.5 Å². The molecule has 0 N–H and O–H groups in total. The third kappa shape index (κ3) is 3.14. The molecule has 2 nitrogen and oxygen atoms in total. The maximum atomic E-state index is 12.9. The van der Waals surface area contributed by atoms with E-state index in [1.165, 1.54) is 0 Å². The summed E-state index contributed by atoms with van der Waals surface area (Å²) in [5.74, 6) is -7.36. The molecule has 0 aliphatic rings. The first kappa shape index (κ1) is 16.5. The number of carbonyl (C=O) groups is 1. The van der Waals surface area contributed by atoms with Crippen molar-refractivity contribution in [2.24, 2.45) is 0 Å². The average Bonchev–Trinajstić information content (AvgIpc) is 2.27. The highest BCUT2D eigenvalue weighted by Gasteiger charge is 2.75. The van der Waals surface area contributed by atoms with Gasteiger partial charge in [0, 0.05) is 5.56 Å². The van der Waals surface area contributed by atoms with Crippen LogP contribution >= 0.6 is 11.6 Å². The molecule has 1 aromatic carbocycles. The van der Waals surface area contributed by atoms with Crippen LogP contribution in [-0.4, -0.2) is 23.4 Å². The number of rotatable bonds is 4. The first-order valence-electron chi connectivity index (χ1n) is 4.70. The van der Waals surface area contributed by atoms with Gasteiger partial charge in [0.05, 0.1) is 0 Å². The minimum atomic E-state index is -6.48. The van der Waals surface area contributed by atoms with Crippen molar-refractivity contribution in [1.82, 2.24) is 0 Å². The normalized spacial score (nSPS) is 13.2. The molecule has 0 aliphatic heterocycles. The second-order valence-corrected chi connectivity index (χ2v) is 3.83. The Bertz CT molecular complexity index is 495. The lowest BCUT2D eigenvalue weighted by molar-refractivity contribution is -0.402. The van der Waals surface area contributed by atoms with Crippen LogP contribution in [0.25, 0.3) is 0 Å². The van der Waals surface area contributed by atoms with Crippen molar-refractivity contribution in [3.63, 3.8) is 0 Å². The first-order chi connectivity index (χ1) is 8.88. The Hall–Kier alpha value is -1.51. The van der Waals surface area contributed by atoms with E-state index in [-0.39, 0.29) is 5.56 Å². The van der Waals surface area contributed by atoms with Crippen LogP contribution in [0.5, 0.6) is 5.75 Å². The fraction of sp³-hybridized carbons (Fsp3) is 0.300. The van der Waals surface area contributed by atoms with Crippen molar-refractivity contribution >= 4 is 16.8 Å². The number of hydrogen-bond acceptors (Lipinski definition) is 2. The number of halogens is 8. The number of hydrogen-bond donors (Lipinski definition) is 0. The van der Waals surface area contributed by atoms with Crippen molar-refractivity contribution < 1.29 is 40.3 Å². The van der Waals surface area contributed by atoms with Gasteiger partial charge in [0.1, 0.15) is 5.75 Å². The highest BCUT2D eigenvalue weighted by Crippen LogP contribution is 2.47. The molecule has 0 saturated heterocycles. The Morgan fingerprint density at radius 3 is 1.75 bits per heavy atom. The van der Waals surface area contributed by atoms with Crippen molar-refractivity contribution in [3.8, 4) is 5.75 Å². The van der Waals surface area contributed by atoms with Crippen LogP contribution in [0.15, 0.2) is 24.3 Å². The smallest absolute Gasteiger partial charge is 0.428 e. The van der Waals surface area contributed by atoms with Gasteiger partial charge in [-0.05, 0) is 35.9 Å². The summed E-state index contributed by atoms with van der Waals surface area (Å²) in [5.41, 5.74) is -0.176. The SMILES string of the molecule is O=C(Cl)c1ccc(OC(F)(F)C(F)(F)C(F)(F)F)cc1. The average molecular weight is 325 g/mol. The molecule has 0 unspecified atom stereocenters. The van der Waals surface area contributed by atoms with Gasteiger partial charge >= 0.3 is 18.2 Å². The molecule has 0 radical (unpaired) electrons. The molecular formula is C10H4ClF7O2. The Kier molecular flexibility index (Phi) is 4.23. The van der Waals surface area contributed by atoms with E-state index in [1.807, 2.05) is 0 Å². The van der Waals surface area contributed by atoms with Gasteiger partial charge in [-0.3, -0.25) is 4.79 Å². The second-order valence-electron chi connectivity index (χ2n) is 3.49. The van der Waals surface area contributed by atoms with Gasteiger partial charge in [0.2, 0.25) is 0 Å². The zero-order valence-corrected chi connectivity index (χ0v) is 9.91. The van der Waals surface area contributed by atoms with Crippen LogP contribution < -0.4 is 4.74 Å². The molecule has 20 heavy (non-hydrogen) atoms. The van der Waals surface area contributed by atoms with E-state index in [1.54, 1.807) is 0 Å². The molecule has 0 saturated carbocycles. The van der Waals surface area contributed by atoms with Crippen LogP contribution in [0.3, 0.4) is 0 Å². The molecule has 10 heteroatoms. The van der Waals surface area contributed by atoms with Gasteiger partial charge in [-0.15, -0.1) is 0 Å². The largest absolute Gasteiger partial charge is 0.474 e. The predicted octanol–water partition coefficient (Wildman–Crippen LogP) is 4.23. The summed E-state index contributed by atoms with van der Waals surface area (Å²) in [4.78, 5) is 10.6. The monoisotopic (exact) mass is 324 g/mol. The summed E-state index contributed by atoms with van der Waals surface area (Å²) in [6.07, 6.45) is -12.3. The van der Waals surface area contributed by atoms with Gasteiger partial charge in [0.25, 0.3) is 5.24 Å². The predicted molar refractivity (Wildman–Crippen MR) is 53.2 cm³/mol. The van der Waals surface area contributed by atoms with Crippen molar-refractivity contribution in [2.75, 3.05) is 0 Å². The van der Waals surface area contributed by atoms with Crippen molar-refractivity contribution in [2.45, 2.75) is 18.2 Å². The third-order valence-electron chi connectivity index (χ3n) is 2.05. The molecule has 0 bridgehead atoms. The summed E-state index contributed by atoms with van der Waals surface area (Å²) in [6, 6.07) is 2.87. The van der Waals surface area contributed by atoms with Crippen LogP contribution in [0.4, 0.5) is 30.7 Å². The standard InChI is InChI=1S/C10H4ClF7O2/c11-7(19)5-1-3-6(4-2-5)20-10(17,18)8(12,13)9(14,15)16/h1-4H. The molecule has 112 valence electrons.